The van der Waals surface area contributed by atoms with Crippen molar-refractivity contribution < 1.29 is 9.53 Å². The topological polar surface area (TPSA) is 63.2 Å². The van der Waals surface area contributed by atoms with Crippen LogP contribution in [-0.2, 0) is 11.2 Å². The van der Waals surface area contributed by atoms with Gasteiger partial charge in [-0.2, -0.15) is 0 Å². The molecule has 1 aliphatic rings. The quantitative estimate of drug-likeness (QED) is 0.780. The average Bonchev–Trinajstić information content (AvgIpc) is 2.70. The van der Waals surface area contributed by atoms with Crippen molar-refractivity contribution in [2.75, 3.05) is 24.3 Å². The number of rotatable bonds is 7. The fourth-order valence-electron chi connectivity index (χ4n) is 3.31. The molecule has 2 N–H and O–H groups in total. The standard InChI is InChI=1S/C21H27N3O2/c1-26-19-10-7-16(8-11-19)13-14-22-20-12-9-18(15-23-20)24-21(25)17-5-3-2-4-6-17/h7-12,15,17H,2-6,13-14H2,1H3,(H,22,23)(H,24,25). The molecule has 0 aliphatic heterocycles. The highest BCUT2D eigenvalue weighted by atomic mass is 16.5. The fourth-order valence-corrected chi connectivity index (χ4v) is 3.31. The molecule has 0 bridgehead atoms. The molecule has 2 aromatic rings. The van der Waals surface area contributed by atoms with E-state index in [1.54, 1.807) is 13.3 Å². The molecular formula is C21H27N3O2. The van der Waals surface area contributed by atoms with Crippen LogP contribution in [0, 0.1) is 5.92 Å². The predicted octanol–water partition coefficient (Wildman–Crippen LogP) is 4.26. The summed E-state index contributed by atoms with van der Waals surface area (Å²) in [6, 6.07) is 11.9. The zero-order chi connectivity index (χ0) is 18.2. The van der Waals surface area contributed by atoms with Gasteiger partial charge in [0.05, 0.1) is 19.0 Å². The zero-order valence-electron chi connectivity index (χ0n) is 15.3. The molecule has 0 radical (unpaired) electrons. The van der Waals surface area contributed by atoms with Gasteiger partial charge in [-0.25, -0.2) is 4.98 Å². The Kier molecular flexibility index (Phi) is 6.47. The number of ether oxygens (including phenoxy) is 1. The van der Waals surface area contributed by atoms with Crippen LogP contribution in [0.25, 0.3) is 0 Å². The molecule has 0 spiro atoms. The van der Waals surface area contributed by atoms with Crippen LogP contribution < -0.4 is 15.4 Å². The summed E-state index contributed by atoms with van der Waals surface area (Å²) in [5, 5.41) is 6.30. The Hall–Kier alpha value is -2.56. The molecule has 138 valence electrons. The lowest BCUT2D eigenvalue weighted by Gasteiger charge is -2.20. The number of aromatic nitrogens is 1. The number of nitrogens with one attached hydrogen (secondary N) is 2. The van der Waals surface area contributed by atoms with Crippen molar-refractivity contribution in [2.24, 2.45) is 5.92 Å². The molecule has 1 aromatic heterocycles. The van der Waals surface area contributed by atoms with Gasteiger partial charge < -0.3 is 15.4 Å². The lowest BCUT2D eigenvalue weighted by molar-refractivity contribution is -0.120. The highest BCUT2D eigenvalue weighted by Gasteiger charge is 2.20. The Bertz CT molecular complexity index is 692. The van der Waals surface area contributed by atoms with E-state index < -0.39 is 0 Å². The number of benzene rings is 1. The van der Waals surface area contributed by atoms with Crippen LogP contribution in [0.15, 0.2) is 42.6 Å². The van der Waals surface area contributed by atoms with Crippen LogP contribution in [0.4, 0.5) is 11.5 Å². The first kappa shape index (κ1) is 18.2. The molecule has 1 saturated carbocycles. The van der Waals surface area contributed by atoms with Crippen LogP contribution in [0.2, 0.25) is 0 Å². The van der Waals surface area contributed by atoms with Gasteiger partial charge in [-0.15, -0.1) is 0 Å². The van der Waals surface area contributed by atoms with E-state index in [-0.39, 0.29) is 11.8 Å². The molecular weight excluding hydrogens is 326 g/mol. The number of carbonyl (C=O) groups is 1. The molecule has 0 atom stereocenters. The summed E-state index contributed by atoms with van der Waals surface area (Å²) < 4.78 is 5.16. The van der Waals surface area contributed by atoms with Crippen LogP contribution in [0.5, 0.6) is 5.75 Å². The number of pyridine rings is 1. The third kappa shape index (κ3) is 5.22. The summed E-state index contributed by atoms with van der Waals surface area (Å²) in [5.74, 6) is 1.97. The minimum atomic E-state index is 0.131. The van der Waals surface area contributed by atoms with Crippen molar-refractivity contribution >= 4 is 17.4 Å². The van der Waals surface area contributed by atoms with Crippen LogP contribution in [-0.4, -0.2) is 24.5 Å². The minimum Gasteiger partial charge on any atom is -0.497 e. The third-order valence-corrected chi connectivity index (χ3v) is 4.89. The Morgan fingerprint density at radius 1 is 1.12 bits per heavy atom. The van der Waals surface area contributed by atoms with Gasteiger partial charge in [0, 0.05) is 12.5 Å². The van der Waals surface area contributed by atoms with Crippen molar-refractivity contribution in [3.05, 3.63) is 48.2 Å². The van der Waals surface area contributed by atoms with E-state index in [0.717, 1.165) is 55.9 Å². The molecule has 1 aliphatic carbocycles. The molecule has 1 amide bonds. The molecule has 26 heavy (non-hydrogen) atoms. The van der Waals surface area contributed by atoms with Crippen molar-refractivity contribution in [3.8, 4) is 5.75 Å². The smallest absolute Gasteiger partial charge is 0.227 e. The summed E-state index contributed by atoms with van der Waals surface area (Å²) in [6.07, 6.45) is 8.21. The van der Waals surface area contributed by atoms with Gasteiger partial charge in [0.1, 0.15) is 11.6 Å². The minimum absolute atomic E-state index is 0.131. The number of anilines is 2. The van der Waals surface area contributed by atoms with E-state index in [9.17, 15) is 4.79 Å². The number of carbonyl (C=O) groups excluding carboxylic acids is 1. The van der Waals surface area contributed by atoms with E-state index in [4.69, 9.17) is 4.74 Å². The molecule has 5 heteroatoms. The van der Waals surface area contributed by atoms with E-state index >= 15 is 0 Å². The third-order valence-electron chi connectivity index (χ3n) is 4.89. The lowest BCUT2D eigenvalue weighted by Crippen LogP contribution is -2.24. The van der Waals surface area contributed by atoms with Gasteiger partial charge in [-0.3, -0.25) is 4.79 Å². The maximum absolute atomic E-state index is 12.3. The Morgan fingerprint density at radius 3 is 2.54 bits per heavy atom. The van der Waals surface area contributed by atoms with Crippen LogP contribution in [0.1, 0.15) is 37.7 Å². The number of methoxy groups -OCH3 is 1. The summed E-state index contributed by atoms with van der Waals surface area (Å²) >= 11 is 0. The largest absolute Gasteiger partial charge is 0.497 e. The Balaban J connectivity index is 1.44. The monoisotopic (exact) mass is 353 g/mol. The highest BCUT2D eigenvalue weighted by molar-refractivity contribution is 5.92. The van der Waals surface area contributed by atoms with Crippen LogP contribution >= 0.6 is 0 Å². The first-order valence-electron chi connectivity index (χ1n) is 9.38. The molecule has 0 unspecified atom stereocenters. The van der Waals surface area contributed by atoms with Crippen molar-refractivity contribution in [1.29, 1.82) is 0 Å². The molecule has 1 aromatic carbocycles. The lowest BCUT2D eigenvalue weighted by atomic mass is 9.88. The second kappa shape index (κ2) is 9.22. The maximum atomic E-state index is 12.3. The number of nitrogens with zero attached hydrogens (tertiary/aromatic N) is 1. The van der Waals surface area contributed by atoms with Gasteiger partial charge in [-0.05, 0) is 49.1 Å². The van der Waals surface area contributed by atoms with Gasteiger partial charge in [0.15, 0.2) is 0 Å². The Labute approximate surface area is 155 Å². The molecule has 0 saturated heterocycles. The SMILES string of the molecule is COc1ccc(CCNc2ccc(NC(=O)C3CCCCC3)cn2)cc1. The summed E-state index contributed by atoms with van der Waals surface area (Å²) in [7, 11) is 1.67. The van der Waals surface area contributed by atoms with E-state index in [2.05, 4.69) is 27.8 Å². The van der Waals surface area contributed by atoms with Gasteiger partial charge in [0.25, 0.3) is 0 Å². The molecule has 1 fully saturated rings. The first-order chi connectivity index (χ1) is 12.7. The molecule has 3 rings (SSSR count). The zero-order valence-corrected chi connectivity index (χ0v) is 15.3. The summed E-state index contributed by atoms with van der Waals surface area (Å²) in [4.78, 5) is 16.7. The van der Waals surface area contributed by atoms with Crippen molar-refractivity contribution in [3.63, 3.8) is 0 Å². The van der Waals surface area contributed by atoms with E-state index in [0.29, 0.717) is 0 Å². The summed E-state index contributed by atoms with van der Waals surface area (Å²) in [5.41, 5.74) is 2.01. The number of hydrogen-bond acceptors (Lipinski definition) is 4. The highest BCUT2D eigenvalue weighted by Crippen LogP contribution is 2.25. The predicted molar refractivity (Wildman–Crippen MR) is 105 cm³/mol. The van der Waals surface area contributed by atoms with Gasteiger partial charge >= 0.3 is 0 Å². The van der Waals surface area contributed by atoms with Crippen LogP contribution in [0.3, 0.4) is 0 Å². The second-order valence-electron chi connectivity index (χ2n) is 6.78. The van der Waals surface area contributed by atoms with Gasteiger partial charge in [-0.1, -0.05) is 31.4 Å². The summed E-state index contributed by atoms with van der Waals surface area (Å²) in [6.45, 7) is 0.799. The molecule has 1 heterocycles. The Morgan fingerprint density at radius 2 is 1.88 bits per heavy atom. The average molecular weight is 353 g/mol. The number of hydrogen-bond donors (Lipinski definition) is 2. The fraction of sp³-hybridized carbons (Fsp3) is 0.429. The first-order valence-corrected chi connectivity index (χ1v) is 9.38. The van der Waals surface area contributed by atoms with E-state index in [1.165, 1.54) is 12.0 Å². The molecule has 5 nitrogen and oxygen atoms in total. The van der Waals surface area contributed by atoms with Crippen molar-refractivity contribution in [1.82, 2.24) is 4.98 Å². The maximum Gasteiger partial charge on any atom is 0.227 e. The van der Waals surface area contributed by atoms with Gasteiger partial charge in [0.2, 0.25) is 5.91 Å². The van der Waals surface area contributed by atoms with E-state index in [1.807, 2.05) is 24.3 Å². The second-order valence-corrected chi connectivity index (χ2v) is 6.78. The van der Waals surface area contributed by atoms with Crippen molar-refractivity contribution in [2.45, 2.75) is 38.5 Å². The number of amides is 1. The normalized spacial score (nSPS) is 14.7.